The van der Waals surface area contributed by atoms with Crippen LogP contribution in [-0.2, 0) is 13.2 Å². The Kier molecular flexibility index (Phi) is 6.72. The van der Waals surface area contributed by atoms with E-state index >= 15 is 0 Å². The van der Waals surface area contributed by atoms with E-state index in [0.717, 1.165) is 29.9 Å². The molecule has 1 N–H and O–H groups in total. The molecule has 0 spiro atoms. The van der Waals surface area contributed by atoms with Gasteiger partial charge in [-0.3, -0.25) is 19.8 Å². The first-order valence-corrected chi connectivity index (χ1v) is 12.4. The Balaban J connectivity index is 1.54. The number of nitrogens with one attached hydrogen (secondary N) is 1. The molecule has 11 heteroatoms. The topological polar surface area (TPSA) is 70.1 Å². The van der Waals surface area contributed by atoms with Crippen LogP contribution in [0.25, 0.3) is 11.0 Å². The van der Waals surface area contributed by atoms with E-state index < -0.39 is 23.6 Å². The normalized spacial score (nSPS) is 19.7. The van der Waals surface area contributed by atoms with E-state index in [2.05, 4.69) is 25.0 Å². The predicted octanol–water partition coefficient (Wildman–Crippen LogP) is 4.89. The molecule has 0 aliphatic carbocycles. The van der Waals surface area contributed by atoms with Gasteiger partial charge in [0.2, 0.25) is 0 Å². The van der Waals surface area contributed by atoms with Gasteiger partial charge in [0, 0.05) is 50.7 Å². The number of aromatic amines is 1. The average Bonchev–Trinajstić information content (AvgIpc) is 3.38. The second-order valence-electron chi connectivity index (χ2n) is 9.73. The highest BCUT2D eigenvalue weighted by atomic mass is 19.4. The lowest BCUT2D eigenvalue weighted by molar-refractivity contribution is -0.137. The minimum atomic E-state index is -4.49. The largest absolute Gasteiger partial charge is 0.417 e. The minimum absolute atomic E-state index is 0.0385. The van der Waals surface area contributed by atoms with Gasteiger partial charge in [0.15, 0.2) is 0 Å². The van der Waals surface area contributed by atoms with Gasteiger partial charge in [0.25, 0.3) is 5.56 Å². The Morgan fingerprint density at radius 3 is 2.50 bits per heavy atom. The summed E-state index contributed by atoms with van der Waals surface area (Å²) in [6.45, 7) is 5.17. The quantitative estimate of drug-likeness (QED) is 0.374. The average molecular weight is 529 g/mol. The van der Waals surface area contributed by atoms with Gasteiger partial charge in [-0.25, -0.2) is 4.39 Å². The molecule has 0 saturated carbocycles. The van der Waals surface area contributed by atoms with E-state index in [1.54, 1.807) is 36.0 Å². The van der Waals surface area contributed by atoms with Crippen LogP contribution < -0.4 is 10.5 Å². The van der Waals surface area contributed by atoms with Gasteiger partial charge in [0.1, 0.15) is 11.3 Å². The molecular formula is C27H28F4N6O. The van der Waals surface area contributed by atoms with Crippen molar-refractivity contribution < 1.29 is 17.6 Å². The Bertz CT molecular complexity index is 1480. The Morgan fingerprint density at radius 1 is 1.13 bits per heavy atom. The lowest BCUT2D eigenvalue weighted by atomic mass is 9.94. The van der Waals surface area contributed by atoms with Crippen molar-refractivity contribution in [3.63, 3.8) is 0 Å². The van der Waals surface area contributed by atoms with Crippen LogP contribution in [0.4, 0.5) is 23.2 Å². The fraction of sp³-hybridized carbons (Fsp3) is 0.370. The molecule has 1 unspecified atom stereocenters. The number of nitrogens with zero attached hydrogens (tertiary/aromatic N) is 5. The first kappa shape index (κ1) is 25.9. The first-order valence-electron chi connectivity index (χ1n) is 12.4. The van der Waals surface area contributed by atoms with Gasteiger partial charge in [-0.05, 0) is 43.2 Å². The number of alkyl halides is 3. The molecule has 3 aromatic heterocycles. The molecule has 4 aromatic rings. The predicted molar refractivity (Wildman–Crippen MR) is 136 cm³/mol. The smallest absolute Gasteiger partial charge is 0.364 e. The molecule has 3 atom stereocenters. The highest BCUT2D eigenvalue weighted by Crippen LogP contribution is 2.37. The maximum Gasteiger partial charge on any atom is 0.417 e. The van der Waals surface area contributed by atoms with Crippen molar-refractivity contribution in [1.82, 2.24) is 24.6 Å². The van der Waals surface area contributed by atoms with Crippen molar-refractivity contribution >= 4 is 16.7 Å². The number of aryl methyl sites for hydroxylation is 1. The fourth-order valence-electron chi connectivity index (χ4n) is 5.34. The molecule has 38 heavy (non-hydrogen) atoms. The number of pyridine rings is 2. The molecule has 1 aromatic carbocycles. The number of aromatic nitrogens is 4. The van der Waals surface area contributed by atoms with Crippen LogP contribution in [0.3, 0.4) is 0 Å². The van der Waals surface area contributed by atoms with Crippen molar-refractivity contribution in [2.24, 2.45) is 7.05 Å². The third-order valence-corrected chi connectivity index (χ3v) is 7.39. The summed E-state index contributed by atoms with van der Waals surface area (Å²) in [6, 6.07) is 9.43. The van der Waals surface area contributed by atoms with Crippen molar-refractivity contribution in [3.05, 3.63) is 87.9 Å². The third-order valence-electron chi connectivity index (χ3n) is 7.39. The maximum absolute atomic E-state index is 13.8. The number of hydrogen-bond donors (Lipinski definition) is 1. The molecule has 7 nitrogen and oxygen atoms in total. The Labute approximate surface area is 216 Å². The summed E-state index contributed by atoms with van der Waals surface area (Å²) >= 11 is 0. The number of hydrogen-bond acceptors (Lipinski definition) is 5. The van der Waals surface area contributed by atoms with Gasteiger partial charge >= 0.3 is 6.18 Å². The number of H-pyrrole nitrogens is 1. The van der Waals surface area contributed by atoms with Gasteiger partial charge in [-0.1, -0.05) is 19.1 Å². The van der Waals surface area contributed by atoms with Crippen molar-refractivity contribution in [2.45, 2.75) is 44.6 Å². The van der Waals surface area contributed by atoms with Crippen LogP contribution in [0.5, 0.6) is 0 Å². The molecule has 0 amide bonds. The minimum Gasteiger partial charge on any atom is -0.364 e. The van der Waals surface area contributed by atoms with E-state index in [4.69, 9.17) is 0 Å². The van der Waals surface area contributed by atoms with Crippen LogP contribution in [-0.4, -0.2) is 49.8 Å². The molecule has 1 aliphatic heterocycles. The highest BCUT2D eigenvalue weighted by Gasteiger charge is 2.38. The molecule has 5 rings (SSSR count). The van der Waals surface area contributed by atoms with E-state index in [1.807, 2.05) is 13.8 Å². The number of piperazine rings is 1. The second kappa shape index (κ2) is 9.86. The zero-order valence-electron chi connectivity index (χ0n) is 21.2. The Hall–Kier alpha value is -3.73. The summed E-state index contributed by atoms with van der Waals surface area (Å²) in [6.07, 6.45) is -1.22. The van der Waals surface area contributed by atoms with Crippen LogP contribution in [0.1, 0.15) is 43.1 Å². The van der Waals surface area contributed by atoms with E-state index in [0.29, 0.717) is 29.8 Å². The van der Waals surface area contributed by atoms with Crippen molar-refractivity contribution in [1.29, 1.82) is 0 Å². The standard InChI is InChI=1S/C27H28F4N6O/c1-4-20-15-36(22-11-24(38)35(3)23-13-33-34-25(22)23)16(2)14-37(20)26(17-5-8-19(28)9-6-17)21-10-7-18(12-32-21)27(29,30)31/h5-13,16,20,26H,4,14-15H2,1-3H3,(H,33,34)/t16-,20+,26?/m0/s1. The summed E-state index contributed by atoms with van der Waals surface area (Å²) < 4.78 is 55.0. The summed E-state index contributed by atoms with van der Waals surface area (Å²) in [5, 5.41) is 7.24. The third kappa shape index (κ3) is 4.66. The van der Waals surface area contributed by atoms with Crippen molar-refractivity contribution in [3.8, 4) is 0 Å². The number of fused-ring (bicyclic) bond motifs is 1. The summed E-state index contributed by atoms with van der Waals surface area (Å²) in [4.78, 5) is 21.3. The van der Waals surface area contributed by atoms with Gasteiger partial charge < -0.3 is 9.47 Å². The van der Waals surface area contributed by atoms with Crippen LogP contribution in [0.2, 0.25) is 0 Å². The SMILES string of the molecule is CC[C@@H]1CN(c2cc(=O)n(C)c3c[nH]nc23)[C@@H](C)CN1C(c1ccc(F)cc1)c1ccc(C(F)(F)F)cn1. The Morgan fingerprint density at radius 2 is 1.87 bits per heavy atom. The van der Waals surface area contributed by atoms with Gasteiger partial charge in [-0.2, -0.15) is 18.3 Å². The molecule has 0 bridgehead atoms. The van der Waals surface area contributed by atoms with E-state index in [-0.39, 0.29) is 17.6 Å². The number of anilines is 1. The summed E-state index contributed by atoms with van der Waals surface area (Å²) in [5.41, 5.74) is 2.36. The molecule has 1 aliphatic rings. The molecule has 4 heterocycles. The maximum atomic E-state index is 13.8. The zero-order valence-corrected chi connectivity index (χ0v) is 21.2. The van der Waals surface area contributed by atoms with Crippen molar-refractivity contribution in [2.75, 3.05) is 18.0 Å². The molecule has 1 fully saturated rings. The zero-order chi connectivity index (χ0) is 27.2. The summed E-state index contributed by atoms with van der Waals surface area (Å²) in [5.74, 6) is -0.396. The first-order chi connectivity index (χ1) is 18.1. The molecular weight excluding hydrogens is 500 g/mol. The number of rotatable bonds is 5. The fourth-order valence-corrected chi connectivity index (χ4v) is 5.34. The highest BCUT2D eigenvalue weighted by molar-refractivity contribution is 5.88. The van der Waals surface area contributed by atoms with Crippen LogP contribution in [0.15, 0.2) is 59.7 Å². The van der Waals surface area contributed by atoms with E-state index in [9.17, 15) is 22.4 Å². The van der Waals surface area contributed by atoms with Crippen LogP contribution >= 0.6 is 0 Å². The second-order valence-corrected chi connectivity index (χ2v) is 9.73. The van der Waals surface area contributed by atoms with Crippen LogP contribution in [0, 0.1) is 5.82 Å². The number of benzene rings is 1. The summed E-state index contributed by atoms with van der Waals surface area (Å²) in [7, 11) is 1.70. The molecule has 1 saturated heterocycles. The lowest BCUT2D eigenvalue weighted by Crippen LogP contribution is -2.58. The van der Waals surface area contributed by atoms with Gasteiger partial charge in [0.05, 0.1) is 28.5 Å². The monoisotopic (exact) mass is 528 g/mol. The molecule has 0 radical (unpaired) electrons. The van der Waals surface area contributed by atoms with Gasteiger partial charge in [-0.15, -0.1) is 0 Å². The molecule has 200 valence electrons. The van der Waals surface area contributed by atoms with E-state index in [1.165, 1.54) is 18.2 Å². The number of halogens is 4. The lowest BCUT2D eigenvalue weighted by Gasteiger charge is -2.49.